The van der Waals surface area contributed by atoms with Crippen LogP contribution in [0.15, 0.2) is 0 Å². The molecule has 5 heteroatoms. The normalized spacial score (nSPS) is 25.1. The van der Waals surface area contributed by atoms with E-state index in [1.165, 1.54) is 0 Å². The molecule has 2 N–H and O–H groups in total. The van der Waals surface area contributed by atoms with Gasteiger partial charge in [-0.25, -0.2) is 0 Å². The van der Waals surface area contributed by atoms with E-state index in [4.69, 9.17) is 5.11 Å². The smallest absolute Gasteiger partial charge is 0.320 e. The molecule has 1 aliphatic rings. The van der Waals surface area contributed by atoms with E-state index in [1.807, 2.05) is 11.8 Å². The fourth-order valence-electron chi connectivity index (χ4n) is 2.79. The van der Waals surface area contributed by atoms with Gasteiger partial charge in [0.15, 0.2) is 0 Å². The molecule has 5 nitrogen and oxygen atoms in total. The van der Waals surface area contributed by atoms with E-state index in [0.717, 1.165) is 25.9 Å². The van der Waals surface area contributed by atoms with Crippen LogP contribution in [0.1, 0.15) is 40.0 Å². The number of nitrogens with one attached hydrogen (secondary N) is 1. The van der Waals surface area contributed by atoms with Crippen molar-refractivity contribution in [1.82, 2.24) is 10.2 Å². The number of carboxylic acid groups (broad SMARTS) is 1. The minimum atomic E-state index is -0.880. The molecule has 1 aliphatic heterocycles. The van der Waals surface area contributed by atoms with Crippen molar-refractivity contribution in [2.24, 2.45) is 11.8 Å². The molecule has 0 aromatic carbocycles. The molecule has 1 amide bonds. The highest BCUT2D eigenvalue weighted by molar-refractivity contribution is 5.80. The van der Waals surface area contributed by atoms with Gasteiger partial charge in [-0.3, -0.25) is 14.9 Å². The average molecular weight is 270 g/mol. The maximum atomic E-state index is 12.1. The topological polar surface area (TPSA) is 69.6 Å². The Morgan fingerprint density at radius 1 is 1.32 bits per heavy atom. The fourth-order valence-corrected chi connectivity index (χ4v) is 2.79. The highest BCUT2D eigenvalue weighted by Crippen LogP contribution is 2.20. The molecule has 0 aliphatic carbocycles. The lowest BCUT2D eigenvalue weighted by Gasteiger charge is -2.35. The summed E-state index contributed by atoms with van der Waals surface area (Å²) in [4.78, 5) is 24.9. The van der Waals surface area contributed by atoms with Gasteiger partial charge in [0, 0.05) is 13.1 Å². The van der Waals surface area contributed by atoms with Crippen LogP contribution in [0.4, 0.5) is 0 Å². The molecule has 0 radical (unpaired) electrons. The molecule has 0 aromatic rings. The van der Waals surface area contributed by atoms with Gasteiger partial charge in [0.2, 0.25) is 5.91 Å². The lowest BCUT2D eigenvalue weighted by Crippen LogP contribution is -2.48. The van der Waals surface area contributed by atoms with Crippen LogP contribution in [-0.4, -0.2) is 47.6 Å². The molecular formula is C14H26N2O3. The Kier molecular flexibility index (Phi) is 6.28. The highest BCUT2D eigenvalue weighted by Gasteiger charge is 2.26. The zero-order chi connectivity index (χ0) is 14.4. The Morgan fingerprint density at radius 3 is 2.37 bits per heavy atom. The van der Waals surface area contributed by atoms with Gasteiger partial charge in [0.25, 0.3) is 0 Å². The minimum absolute atomic E-state index is 0.0146. The minimum Gasteiger partial charge on any atom is -0.480 e. The van der Waals surface area contributed by atoms with Gasteiger partial charge in [0.05, 0.1) is 6.54 Å². The van der Waals surface area contributed by atoms with E-state index in [1.54, 1.807) is 0 Å². The largest absolute Gasteiger partial charge is 0.480 e. The summed E-state index contributed by atoms with van der Waals surface area (Å²) >= 11 is 0. The van der Waals surface area contributed by atoms with Gasteiger partial charge in [-0.05, 0) is 24.7 Å². The molecular weight excluding hydrogens is 244 g/mol. The van der Waals surface area contributed by atoms with Crippen LogP contribution < -0.4 is 5.32 Å². The van der Waals surface area contributed by atoms with E-state index in [2.05, 4.69) is 19.2 Å². The van der Waals surface area contributed by atoms with E-state index in [-0.39, 0.29) is 12.5 Å². The molecule has 1 saturated heterocycles. The van der Waals surface area contributed by atoms with Gasteiger partial charge in [-0.15, -0.1) is 0 Å². The zero-order valence-electron chi connectivity index (χ0n) is 12.2. The number of hydrogen-bond acceptors (Lipinski definition) is 3. The number of carbonyl (C=O) groups excluding carboxylic acids is 1. The molecule has 0 aromatic heterocycles. The number of likely N-dealkylation sites (tertiary alicyclic amines) is 1. The first-order chi connectivity index (χ1) is 8.93. The standard InChI is InChI=1S/C14H26N2O3/c1-4-5-12(14(18)19)15-7-13(17)16-8-10(2)6-11(3)9-16/h10-12,15H,4-9H2,1-3H3,(H,18,19)/t10-,11+,12-/m1/s1. The van der Waals surface area contributed by atoms with E-state index < -0.39 is 12.0 Å². The van der Waals surface area contributed by atoms with Crippen molar-refractivity contribution < 1.29 is 14.7 Å². The number of aliphatic carboxylic acids is 1. The van der Waals surface area contributed by atoms with Gasteiger partial charge in [-0.1, -0.05) is 27.2 Å². The fraction of sp³-hybridized carbons (Fsp3) is 0.857. The van der Waals surface area contributed by atoms with Crippen LogP contribution in [0, 0.1) is 11.8 Å². The summed E-state index contributed by atoms with van der Waals surface area (Å²) in [7, 11) is 0. The van der Waals surface area contributed by atoms with Gasteiger partial charge in [-0.2, -0.15) is 0 Å². The maximum Gasteiger partial charge on any atom is 0.320 e. The van der Waals surface area contributed by atoms with Gasteiger partial charge in [0.1, 0.15) is 6.04 Å². The Hall–Kier alpha value is -1.10. The second-order valence-corrected chi connectivity index (χ2v) is 5.81. The third kappa shape index (κ3) is 5.19. The zero-order valence-corrected chi connectivity index (χ0v) is 12.2. The molecule has 110 valence electrons. The van der Waals surface area contributed by atoms with Crippen LogP contribution in [0.5, 0.6) is 0 Å². The molecule has 0 bridgehead atoms. The summed E-state index contributed by atoms with van der Waals surface area (Å²) in [6.45, 7) is 7.94. The van der Waals surface area contributed by atoms with Crippen molar-refractivity contribution in [1.29, 1.82) is 0 Å². The van der Waals surface area contributed by atoms with Crippen LogP contribution in [0.3, 0.4) is 0 Å². The highest BCUT2D eigenvalue weighted by atomic mass is 16.4. The summed E-state index contributed by atoms with van der Waals surface area (Å²) in [5.74, 6) is 0.188. The number of carbonyl (C=O) groups is 2. The van der Waals surface area contributed by atoms with Crippen molar-refractivity contribution in [2.45, 2.75) is 46.1 Å². The van der Waals surface area contributed by atoms with Crippen LogP contribution >= 0.6 is 0 Å². The summed E-state index contributed by atoms with van der Waals surface area (Å²) in [6, 6.07) is -0.617. The van der Waals surface area contributed by atoms with Crippen molar-refractivity contribution in [3.05, 3.63) is 0 Å². The Balaban J connectivity index is 2.43. The summed E-state index contributed by atoms with van der Waals surface area (Å²) in [5, 5.41) is 11.9. The van der Waals surface area contributed by atoms with Crippen LogP contribution in [-0.2, 0) is 9.59 Å². The van der Waals surface area contributed by atoms with Gasteiger partial charge >= 0.3 is 5.97 Å². The predicted molar refractivity (Wildman–Crippen MR) is 73.9 cm³/mol. The van der Waals surface area contributed by atoms with Crippen molar-refractivity contribution in [3.8, 4) is 0 Å². The van der Waals surface area contributed by atoms with Crippen LogP contribution in [0.2, 0.25) is 0 Å². The summed E-state index contributed by atoms with van der Waals surface area (Å²) in [6.07, 6.45) is 2.50. The number of piperidine rings is 1. The first-order valence-electron chi connectivity index (χ1n) is 7.18. The summed E-state index contributed by atoms with van der Waals surface area (Å²) < 4.78 is 0. The predicted octanol–water partition coefficient (Wildman–Crippen LogP) is 1.33. The Labute approximate surface area is 115 Å². The maximum absolute atomic E-state index is 12.1. The first kappa shape index (κ1) is 16.0. The SMILES string of the molecule is CCC[C@@H](NCC(=O)N1C[C@H](C)C[C@H](C)C1)C(=O)O. The quantitative estimate of drug-likeness (QED) is 0.764. The number of rotatable bonds is 6. The lowest BCUT2D eigenvalue weighted by atomic mass is 9.92. The molecule has 1 heterocycles. The molecule has 1 fully saturated rings. The summed E-state index contributed by atoms with van der Waals surface area (Å²) in [5.41, 5.74) is 0. The molecule has 1 rings (SSSR count). The lowest BCUT2D eigenvalue weighted by molar-refractivity contribution is -0.140. The average Bonchev–Trinajstić information content (AvgIpc) is 2.32. The first-order valence-corrected chi connectivity index (χ1v) is 7.18. The molecule has 3 atom stereocenters. The monoisotopic (exact) mass is 270 g/mol. The Morgan fingerprint density at radius 2 is 1.89 bits per heavy atom. The molecule has 0 saturated carbocycles. The molecule has 19 heavy (non-hydrogen) atoms. The van der Waals surface area contributed by atoms with Crippen LogP contribution in [0.25, 0.3) is 0 Å². The van der Waals surface area contributed by atoms with Gasteiger partial charge < -0.3 is 10.0 Å². The molecule has 0 unspecified atom stereocenters. The van der Waals surface area contributed by atoms with Crippen molar-refractivity contribution in [2.75, 3.05) is 19.6 Å². The number of hydrogen-bond donors (Lipinski definition) is 2. The van der Waals surface area contributed by atoms with E-state index in [0.29, 0.717) is 18.3 Å². The van der Waals surface area contributed by atoms with Crippen molar-refractivity contribution in [3.63, 3.8) is 0 Å². The number of nitrogens with zero attached hydrogens (tertiary/aromatic N) is 1. The van der Waals surface area contributed by atoms with Crippen molar-refractivity contribution >= 4 is 11.9 Å². The number of amides is 1. The second-order valence-electron chi connectivity index (χ2n) is 5.81. The number of carboxylic acids is 1. The van der Waals surface area contributed by atoms with E-state index in [9.17, 15) is 9.59 Å². The Bertz CT molecular complexity index is 310. The van der Waals surface area contributed by atoms with E-state index >= 15 is 0 Å². The molecule has 0 spiro atoms. The third-order valence-electron chi connectivity index (χ3n) is 3.60. The second kappa shape index (κ2) is 7.48. The third-order valence-corrected chi connectivity index (χ3v) is 3.60.